The highest BCUT2D eigenvalue weighted by Crippen LogP contribution is 2.28. The van der Waals surface area contributed by atoms with E-state index in [2.05, 4.69) is 14.7 Å². The molecule has 2 rings (SSSR count). The van der Waals surface area contributed by atoms with E-state index in [0.29, 0.717) is 11.4 Å². The molecular formula is C10H11N3O4S2. The summed E-state index contributed by atoms with van der Waals surface area (Å²) >= 11 is 0.872. The lowest BCUT2D eigenvalue weighted by atomic mass is 10.3. The summed E-state index contributed by atoms with van der Waals surface area (Å²) in [6.07, 6.45) is 1.20. The Hall–Kier alpha value is -1.87. The van der Waals surface area contributed by atoms with Crippen molar-refractivity contribution in [2.24, 2.45) is 0 Å². The molecule has 0 radical (unpaired) electrons. The van der Waals surface area contributed by atoms with Crippen LogP contribution in [-0.2, 0) is 10.0 Å². The van der Waals surface area contributed by atoms with Gasteiger partial charge in [0.15, 0.2) is 5.03 Å². The summed E-state index contributed by atoms with van der Waals surface area (Å²) in [4.78, 5) is 17.4. The van der Waals surface area contributed by atoms with Crippen molar-refractivity contribution in [2.45, 2.75) is 18.9 Å². The maximum absolute atomic E-state index is 12.0. The number of rotatable bonds is 4. The zero-order valence-electron chi connectivity index (χ0n) is 10.1. The van der Waals surface area contributed by atoms with Crippen molar-refractivity contribution >= 4 is 32.3 Å². The number of anilines is 1. The second kappa shape index (κ2) is 4.67. The predicted molar refractivity (Wildman–Crippen MR) is 70.1 cm³/mol. The molecule has 0 aliphatic heterocycles. The first-order chi connectivity index (χ1) is 8.79. The molecule has 0 aliphatic carbocycles. The molecule has 19 heavy (non-hydrogen) atoms. The Morgan fingerprint density at radius 1 is 1.47 bits per heavy atom. The molecule has 0 saturated carbocycles. The van der Waals surface area contributed by atoms with Gasteiger partial charge in [0.25, 0.3) is 10.0 Å². The molecule has 0 atom stereocenters. The minimum atomic E-state index is -3.77. The summed E-state index contributed by atoms with van der Waals surface area (Å²) in [6.45, 7) is 3.24. The summed E-state index contributed by atoms with van der Waals surface area (Å²) in [7, 11) is -3.77. The maximum atomic E-state index is 12.0. The van der Waals surface area contributed by atoms with Gasteiger partial charge in [0, 0.05) is 0 Å². The standard InChI is InChI=1S/C10H11N3O4S2/c1-5-3-7(18-9(5)10(14)15)13-19(16,17)8-4-11-6(2)12-8/h3-4,13H,1-2H3,(H,11,12)(H,14,15). The third-order valence-electron chi connectivity index (χ3n) is 2.32. The largest absolute Gasteiger partial charge is 0.477 e. The Labute approximate surface area is 113 Å². The minimum absolute atomic E-state index is 0.0621. The summed E-state index contributed by atoms with van der Waals surface area (Å²) in [6, 6.07) is 1.48. The van der Waals surface area contributed by atoms with Gasteiger partial charge in [0.05, 0.1) is 6.20 Å². The van der Waals surface area contributed by atoms with Crippen molar-refractivity contribution in [2.75, 3.05) is 4.72 Å². The summed E-state index contributed by atoms with van der Waals surface area (Å²) < 4.78 is 26.3. The predicted octanol–water partition coefficient (Wildman–Crippen LogP) is 1.59. The number of nitrogens with one attached hydrogen (secondary N) is 2. The topological polar surface area (TPSA) is 112 Å². The number of aromatic amines is 1. The van der Waals surface area contributed by atoms with E-state index in [1.807, 2.05) is 0 Å². The number of thiophene rings is 1. The van der Waals surface area contributed by atoms with Gasteiger partial charge in [-0.25, -0.2) is 9.78 Å². The molecule has 7 nitrogen and oxygen atoms in total. The van der Waals surface area contributed by atoms with Crippen LogP contribution in [0.5, 0.6) is 0 Å². The van der Waals surface area contributed by atoms with Crippen LogP contribution in [0.15, 0.2) is 17.3 Å². The summed E-state index contributed by atoms with van der Waals surface area (Å²) in [5, 5.41) is 9.10. The molecule has 102 valence electrons. The lowest BCUT2D eigenvalue weighted by Crippen LogP contribution is -2.12. The molecule has 0 aromatic carbocycles. The van der Waals surface area contributed by atoms with Crippen molar-refractivity contribution in [3.8, 4) is 0 Å². The van der Waals surface area contributed by atoms with Gasteiger partial charge in [-0.1, -0.05) is 0 Å². The van der Waals surface area contributed by atoms with E-state index in [4.69, 9.17) is 5.11 Å². The first-order valence-electron chi connectivity index (χ1n) is 5.18. The molecule has 0 bridgehead atoms. The fourth-order valence-electron chi connectivity index (χ4n) is 1.47. The number of sulfonamides is 1. The number of imidazole rings is 1. The zero-order valence-corrected chi connectivity index (χ0v) is 11.7. The molecule has 2 aromatic heterocycles. The average molecular weight is 301 g/mol. The Balaban J connectivity index is 2.31. The highest BCUT2D eigenvalue weighted by molar-refractivity contribution is 7.92. The summed E-state index contributed by atoms with van der Waals surface area (Å²) in [5.41, 5.74) is 0.510. The Morgan fingerprint density at radius 3 is 2.63 bits per heavy atom. The third kappa shape index (κ3) is 2.76. The maximum Gasteiger partial charge on any atom is 0.346 e. The van der Waals surface area contributed by atoms with Crippen LogP contribution < -0.4 is 4.72 Å². The molecule has 3 N–H and O–H groups in total. The number of aromatic carboxylic acids is 1. The van der Waals surface area contributed by atoms with E-state index in [-0.39, 0.29) is 14.9 Å². The number of hydrogen-bond donors (Lipinski definition) is 3. The Morgan fingerprint density at radius 2 is 2.16 bits per heavy atom. The lowest BCUT2D eigenvalue weighted by Gasteiger charge is -2.02. The number of nitrogens with zero attached hydrogens (tertiary/aromatic N) is 1. The number of H-pyrrole nitrogens is 1. The van der Waals surface area contributed by atoms with E-state index in [1.54, 1.807) is 13.8 Å². The van der Waals surface area contributed by atoms with Crippen LogP contribution in [0.3, 0.4) is 0 Å². The van der Waals surface area contributed by atoms with E-state index in [1.165, 1.54) is 12.3 Å². The van der Waals surface area contributed by atoms with E-state index in [0.717, 1.165) is 11.3 Å². The van der Waals surface area contributed by atoms with E-state index < -0.39 is 16.0 Å². The number of aromatic nitrogens is 2. The van der Waals surface area contributed by atoms with Gasteiger partial charge >= 0.3 is 5.97 Å². The van der Waals surface area contributed by atoms with Crippen molar-refractivity contribution in [1.29, 1.82) is 0 Å². The van der Waals surface area contributed by atoms with Gasteiger partial charge in [-0.3, -0.25) is 4.72 Å². The molecule has 2 aromatic rings. The number of carboxylic acid groups (broad SMARTS) is 1. The van der Waals surface area contributed by atoms with Crippen LogP contribution >= 0.6 is 11.3 Å². The smallest absolute Gasteiger partial charge is 0.346 e. The van der Waals surface area contributed by atoms with Gasteiger partial charge < -0.3 is 10.1 Å². The van der Waals surface area contributed by atoms with Gasteiger partial charge in [-0.2, -0.15) is 8.42 Å². The minimum Gasteiger partial charge on any atom is -0.477 e. The van der Waals surface area contributed by atoms with E-state index >= 15 is 0 Å². The normalized spacial score (nSPS) is 11.5. The first kappa shape index (κ1) is 13.6. The number of hydrogen-bond acceptors (Lipinski definition) is 5. The molecular weight excluding hydrogens is 290 g/mol. The SMILES string of the molecule is Cc1ncc(S(=O)(=O)Nc2cc(C)c(C(=O)O)s2)[nH]1. The average Bonchev–Trinajstić information content (AvgIpc) is 2.85. The van der Waals surface area contributed by atoms with Crippen LogP contribution in [0, 0.1) is 13.8 Å². The quantitative estimate of drug-likeness (QED) is 0.793. The van der Waals surface area contributed by atoms with Crippen molar-refractivity contribution in [3.63, 3.8) is 0 Å². The third-order valence-corrected chi connectivity index (χ3v) is 4.86. The Kier molecular flexibility index (Phi) is 3.33. The summed E-state index contributed by atoms with van der Waals surface area (Å²) in [5.74, 6) is -0.598. The van der Waals surface area contributed by atoms with Gasteiger partial charge in [-0.05, 0) is 25.5 Å². The molecule has 2 heterocycles. The molecule has 0 spiro atoms. The zero-order chi connectivity index (χ0) is 14.2. The van der Waals surface area contributed by atoms with Crippen LogP contribution in [0.1, 0.15) is 21.1 Å². The first-order valence-corrected chi connectivity index (χ1v) is 7.48. The van der Waals surface area contributed by atoms with Crippen LogP contribution in [0.2, 0.25) is 0 Å². The fourth-order valence-corrected chi connectivity index (χ4v) is 3.63. The van der Waals surface area contributed by atoms with Crippen LogP contribution in [0.4, 0.5) is 5.00 Å². The number of aryl methyl sites for hydroxylation is 2. The number of carboxylic acids is 1. The monoisotopic (exact) mass is 301 g/mol. The van der Waals surface area contributed by atoms with Gasteiger partial charge in [0.1, 0.15) is 15.7 Å². The fraction of sp³-hybridized carbons (Fsp3) is 0.200. The highest BCUT2D eigenvalue weighted by Gasteiger charge is 2.20. The molecule has 0 fully saturated rings. The van der Waals surface area contributed by atoms with E-state index in [9.17, 15) is 13.2 Å². The number of carbonyl (C=O) groups is 1. The van der Waals surface area contributed by atoms with Crippen molar-refractivity contribution in [3.05, 3.63) is 28.5 Å². The molecule has 0 saturated heterocycles. The van der Waals surface area contributed by atoms with Gasteiger partial charge in [0.2, 0.25) is 0 Å². The van der Waals surface area contributed by atoms with Crippen LogP contribution in [0.25, 0.3) is 0 Å². The molecule has 9 heteroatoms. The second-order valence-corrected chi connectivity index (χ2v) is 6.57. The Bertz CT molecular complexity index is 730. The lowest BCUT2D eigenvalue weighted by molar-refractivity contribution is 0.0701. The van der Waals surface area contributed by atoms with Crippen LogP contribution in [-0.4, -0.2) is 29.5 Å². The second-order valence-electron chi connectivity index (χ2n) is 3.87. The molecule has 0 unspecified atom stereocenters. The van der Waals surface area contributed by atoms with Crippen molar-refractivity contribution < 1.29 is 18.3 Å². The highest BCUT2D eigenvalue weighted by atomic mass is 32.2. The molecule has 0 aliphatic rings. The van der Waals surface area contributed by atoms with Gasteiger partial charge in [-0.15, -0.1) is 11.3 Å². The molecule has 0 amide bonds. The van der Waals surface area contributed by atoms with Crippen molar-refractivity contribution in [1.82, 2.24) is 9.97 Å².